The molecule has 0 spiro atoms. The Bertz CT molecular complexity index is 668. The van der Waals surface area contributed by atoms with Crippen LogP contribution in [0.1, 0.15) is 66.7 Å². The molecule has 3 rings (SSSR count). The van der Waals surface area contributed by atoms with Crippen LogP contribution in [0.25, 0.3) is 0 Å². The summed E-state index contributed by atoms with van der Waals surface area (Å²) < 4.78 is 17.8. The summed E-state index contributed by atoms with van der Waals surface area (Å²) in [7, 11) is 3.48. The van der Waals surface area contributed by atoms with Gasteiger partial charge in [0.25, 0.3) is 0 Å². The van der Waals surface area contributed by atoms with Crippen molar-refractivity contribution < 1.29 is 19.0 Å². The average molecular weight is 405 g/mol. The second kappa shape index (κ2) is 7.98. The Labute approximate surface area is 177 Å². The maximum Gasteiger partial charge on any atom is 0.146 e. The van der Waals surface area contributed by atoms with Crippen molar-refractivity contribution in [3.05, 3.63) is 0 Å². The number of hydrogen-bond donors (Lipinski definition) is 0. The van der Waals surface area contributed by atoms with E-state index in [9.17, 15) is 4.79 Å². The summed E-state index contributed by atoms with van der Waals surface area (Å²) >= 11 is 0. The van der Waals surface area contributed by atoms with Crippen LogP contribution in [-0.2, 0) is 19.0 Å². The Morgan fingerprint density at radius 3 is 2.45 bits per heavy atom. The summed E-state index contributed by atoms with van der Waals surface area (Å²) in [5.74, 6) is 3.81. The molecule has 3 aliphatic rings. The Kier molecular flexibility index (Phi) is 6.27. The Morgan fingerprint density at radius 2 is 1.86 bits per heavy atom. The molecule has 3 saturated carbocycles. The monoisotopic (exact) mass is 404 g/mol. The van der Waals surface area contributed by atoms with Gasteiger partial charge in [-0.3, -0.25) is 4.79 Å². The van der Waals surface area contributed by atoms with Crippen LogP contribution in [0.5, 0.6) is 0 Å². The summed E-state index contributed by atoms with van der Waals surface area (Å²) in [6.45, 7) is 11.2. The van der Waals surface area contributed by atoms with Gasteiger partial charge in [-0.1, -0.05) is 34.6 Å². The molecule has 0 aromatic carbocycles. The van der Waals surface area contributed by atoms with Gasteiger partial charge in [0.1, 0.15) is 12.6 Å². The molecule has 0 radical (unpaired) electrons. The minimum Gasteiger partial charge on any atom is -0.381 e. The van der Waals surface area contributed by atoms with Crippen LogP contribution in [0.3, 0.4) is 0 Å². The third-order valence-electron chi connectivity index (χ3n) is 9.68. The molecule has 3 fully saturated rings. The van der Waals surface area contributed by atoms with E-state index < -0.39 is 5.41 Å². The first-order chi connectivity index (χ1) is 13.6. The predicted molar refractivity (Wildman–Crippen MR) is 114 cm³/mol. The van der Waals surface area contributed by atoms with Gasteiger partial charge in [0.15, 0.2) is 0 Å². The van der Waals surface area contributed by atoms with Crippen LogP contribution in [0.15, 0.2) is 0 Å². The van der Waals surface area contributed by atoms with Crippen LogP contribution in [-0.4, -0.2) is 39.0 Å². The highest BCUT2D eigenvalue weighted by atomic mass is 16.7. The molecule has 0 heterocycles. The van der Waals surface area contributed by atoms with E-state index in [1.54, 1.807) is 7.11 Å². The van der Waals surface area contributed by atoms with Crippen molar-refractivity contribution in [2.75, 3.05) is 21.0 Å². The minimum atomic E-state index is -0.603. The van der Waals surface area contributed by atoms with Crippen molar-refractivity contribution in [3.63, 3.8) is 0 Å². The zero-order valence-corrected chi connectivity index (χ0v) is 19.4. The molecule has 4 nitrogen and oxygen atoms in total. The lowest BCUT2D eigenvalue weighted by Gasteiger charge is -2.62. The van der Waals surface area contributed by atoms with Crippen molar-refractivity contribution in [3.8, 4) is 12.3 Å². The minimum absolute atomic E-state index is 0.0244. The molecule has 9 atom stereocenters. The lowest BCUT2D eigenvalue weighted by atomic mass is 9.43. The zero-order valence-electron chi connectivity index (χ0n) is 19.4. The summed E-state index contributed by atoms with van der Waals surface area (Å²) in [6, 6.07) is 0. The molecule has 29 heavy (non-hydrogen) atoms. The molecule has 164 valence electrons. The summed E-state index contributed by atoms with van der Waals surface area (Å²) in [5.41, 5.74) is -0.740. The second-order valence-corrected chi connectivity index (χ2v) is 10.5. The summed E-state index contributed by atoms with van der Waals surface area (Å²) in [4.78, 5) is 14.0. The molecule has 0 N–H and O–H groups in total. The zero-order chi connectivity index (χ0) is 21.6. The van der Waals surface area contributed by atoms with Crippen LogP contribution < -0.4 is 0 Å². The van der Waals surface area contributed by atoms with Crippen LogP contribution in [0, 0.1) is 52.3 Å². The molecule has 3 unspecified atom stereocenters. The Morgan fingerprint density at radius 1 is 1.21 bits per heavy atom. The van der Waals surface area contributed by atoms with Crippen LogP contribution in [0.4, 0.5) is 0 Å². The van der Waals surface area contributed by atoms with E-state index in [1.165, 1.54) is 0 Å². The molecule has 0 saturated heterocycles. The number of hydrogen-bond acceptors (Lipinski definition) is 4. The van der Waals surface area contributed by atoms with Gasteiger partial charge in [0.05, 0.1) is 12.2 Å². The molecular formula is C25H40O4. The number of ether oxygens (including phenoxy) is 3. The number of ketones is 1. The fraction of sp³-hybridized carbons (Fsp3) is 0.880. The van der Waals surface area contributed by atoms with E-state index in [4.69, 9.17) is 20.6 Å². The standard InChI is InChI=1S/C25H40O4/c1-9-16(2)23(5)14-20(29-15-27-7)24(6)17(3)10-12-25(18(4)22(23)26)13-11-19(28-8)21(24)25/h1,16-21H,10-15H2,2-8H3/t16?,17-,18+,19-,20-,21?,23+,24+,25?/m1/s1. The van der Waals surface area contributed by atoms with Crippen molar-refractivity contribution in [2.24, 2.45) is 39.9 Å². The highest BCUT2D eigenvalue weighted by molar-refractivity contribution is 5.88. The van der Waals surface area contributed by atoms with Crippen molar-refractivity contribution in [1.82, 2.24) is 0 Å². The summed E-state index contributed by atoms with van der Waals surface area (Å²) in [6.07, 6.45) is 10.8. The van der Waals surface area contributed by atoms with Crippen molar-refractivity contribution in [2.45, 2.75) is 78.9 Å². The maximum absolute atomic E-state index is 14.0. The topological polar surface area (TPSA) is 44.8 Å². The first-order valence-corrected chi connectivity index (χ1v) is 11.3. The molecule has 3 aliphatic carbocycles. The van der Waals surface area contributed by atoms with Crippen molar-refractivity contribution >= 4 is 5.78 Å². The smallest absolute Gasteiger partial charge is 0.146 e. The van der Waals surface area contributed by atoms with E-state index >= 15 is 0 Å². The molecule has 0 aliphatic heterocycles. The Hall–Kier alpha value is -0.890. The van der Waals surface area contributed by atoms with Gasteiger partial charge >= 0.3 is 0 Å². The quantitative estimate of drug-likeness (QED) is 0.492. The van der Waals surface area contributed by atoms with Crippen LogP contribution >= 0.6 is 0 Å². The first-order valence-electron chi connectivity index (χ1n) is 11.3. The second-order valence-electron chi connectivity index (χ2n) is 10.5. The van der Waals surface area contributed by atoms with Gasteiger partial charge < -0.3 is 14.2 Å². The van der Waals surface area contributed by atoms with E-state index in [0.717, 1.165) is 25.7 Å². The first kappa shape index (κ1) is 22.8. The molecule has 0 aromatic heterocycles. The normalized spacial score (nSPS) is 48.3. The number of rotatable bonds is 5. The number of carbonyl (C=O) groups is 1. The van der Waals surface area contributed by atoms with E-state index in [0.29, 0.717) is 24.0 Å². The van der Waals surface area contributed by atoms with Gasteiger partial charge in [0, 0.05) is 36.9 Å². The lowest BCUT2D eigenvalue weighted by Crippen LogP contribution is -2.63. The SMILES string of the molecule is C#CC(C)[C@]1(C)C[C@@H](OCOC)[C@@]2(C)C3[C@H](OC)CCC3(CC[C@H]2C)[C@@H](C)C1=O. The van der Waals surface area contributed by atoms with E-state index in [2.05, 4.69) is 33.6 Å². The number of Topliss-reactive ketones (excluding diaryl/α,β-unsaturated/α-hetero) is 1. The Balaban J connectivity index is 2.22. The third-order valence-corrected chi connectivity index (χ3v) is 9.68. The lowest BCUT2D eigenvalue weighted by molar-refractivity contribution is -0.221. The molecule has 0 amide bonds. The predicted octanol–water partition coefficient (Wildman–Crippen LogP) is 4.71. The van der Waals surface area contributed by atoms with Gasteiger partial charge in [-0.05, 0) is 49.4 Å². The molecule has 2 bridgehead atoms. The maximum atomic E-state index is 14.0. The average Bonchev–Trinajstić information content (AvgIpc) is 3.12. The van der Waals surface area contributed by atoms with Gasteiger partial charge in [0.2, 0.25) is 0 Å². The fourth-order valence-corrected chi connectivity index (χ4v) is 7.40. The fourth-order valence-electron chi connectivity index (χ4n) is 7.40. The third kappa shape index (κ3) is 3.11. The number of terminal acetylenes is 1. The molecule has 0 aromatic rings. The number of carbonyl (C=O) groups excluding carboxylic acids is 1. The van der Waals surface area contributed by atoms with Gasteiger partial charge in [-0.15, -0.1) is 12.3 Å². The van der Waals surface area contributed by atoms with Crippen LogP contribution in [0.2, 0.25) is 0 Å². The highest BCUT2D eigenvalue weighted by Crippen LogP contribution is 2.69. The summed E-state index contributed by atoms with van der Waals surface area (Å²) in [5, 5.41) is 0. The van der Waals surface area contributed by atoms with Gasteiger partial charge in [-0.25, -0.2) is 0 Å². The molecular weight excluding hydrogens is 364 g/mol. The van der Waals surface area contributed by atoms with E-state index in [1.807, 2.05) is 14.0 Å². The van der Waals surface area contributed by atoms with E-state index in [-0.39, 0.29) is 41.7 Å². The highest BCUT2D eigenvalue weighted by Gasteiger charge is 2.68. The van der Waals surface area contributed by atoms with Gasteiger partial charge in [-0.2, -0.15) is 0 Å². The largest absolute Gasteiger partial charge is 0.381 e. The number of methoxy groups -OCH3 is 2. The molecule has 4 heteroatoms. The van der Waals surface area contributed by atoms with Crippen molar-refractivity contribution in [1.29, 1.82) is 0 Å².